The zero-order valence-electron chi connectivity index (χ0n) is 12.0. The highest BCUT2D eigenvalue weighted by Crippen LogP contribution is 2.50. The summed E-state index contributed by atoms with van der Waals surface area (Å²) in [6.45, 7) is 10.1. The van der Waals surface area contributed by atoms with Gasteiger partial charge in [-0.3, -0.25) is 9.59 Å². The summed E-state index contributed by atoms with van der Waals surface area (Å²) in [5.41, 5.74) is -0.559. The summed E-state index contributed by atoms with van der Waals surface area (Å²) in [5.74, 6) is 0.0937. The lowest BCUT2D eigenvalue weighted by molar-refractivity contribution is -0.156. The maximum Gasteiger partial charge on any atom is 0.248 e. The molecule has 3 unspecified atom stereocenters. The first-order valence-corrected chi connectivity index (χ1v) is 6.91. The molecule has 1 aliphatic carbocycles. The second-order valence-corrected chi connectivity index (χ2v) is 6.52. The maximum atomic E-state index is 12.7. The van der Waals surface area contributed by atoms with E-state index in [4.69, 9.17) is 0 Å². The molecule has 2 fully saturated rings. The van der Waals surface area contributed by atoms with Gasteiger partial charge in [0.1, 0.15) is 11.6 Å². The van der Waals surface area contributed by atoms with Crippen molar-refractivity contribution in [3.8, 4) is 0 Å². The first-order chi connectivity index (χ1) is 8.27. The van der Waals surface area contributed by atoms with Gasteiger partial charge in [-0.25, -0.2) is 0 Å². The molecule has 1 aliphatic heterocycles. The van der Waals surface area contributed by atoms with Crippen molar-refractivity contribution in [3.05, 3.63) is 0 Å². The molecule has 1 saturated carbocycles. The van der Waals surface area contributed by atoms with Crippen molar-refractivity contribution in [2.24, 2.45) is 5.41 Å². The molecule has 1 heterocycles. The molecule has 0 aromatic heterocycles. The molecule has 2 aliphatic rings. The van der Waals surface area contributed by atoms with Gasteiger partial charge in [-0.05, 0) is 31.6 Å². The Hall–Kier alpha value is -1.06. The van der Waals surface area contributed by atoms with Gasteiger partial charge in [0.05, 0.1) is 0 Å². The van der Waals surface area contributed by atoms with E-state index in [2.05, 4.69) is 19.2 Å². The molecule has 18 heavy (non-hydrogen) atoms. The molecule has 2 rings (SSSR count). The van der Waals surface area contributed by atoms with E-state index in [0.717, 1.165) is 6.42 Å². The fourth-order valence-electron chi connectivity index (χ4n) is 2.86. The molecule has 0 spiro atoms. The fourth-order valence-corrected chi connectivity index (χ4v) is 2.86. The Morgan fingerprint density at radius 3 is 2.22 bits per heavy atom. The molecule has 4 heteroatoms. The van der Waals surface area contributed by atoms with Crippen molar-refractivity contribution in [3.63, 3.8) is 0 Å². The van der Waals surface area contributed by atoms with Crippen LogP contribution in [0.4, 0.5) is 0 Å². The smallest absolute Gasteiger partial charge is 0.248 e. The quantitative estimate of drug-likeness (QED) is 0.831. The van der Waals surface area contributed by atoms with Crippen LogP contribution >= 0.6 is 0 Å². The summed E-state index contributed by atoms with van der Waals surface area (Å²) in [7, 11) is 0. The summed E-state index contributed by atoms with van der Waals surface area (Å²) in [5, 5.41) is 2.90. The Morgan fingerprint density at radius 2 is 1.83 bits per heavy atom. The highest BCUT2D eigenvalue weighted by atomic mass is 16.2. The summed E-state index contributed by atoms with van der Waals surface area (Å²) < 4.78 is 0. The Bertz CT molecular complexity index is 391. The van der Waals surface area contributed by atoms with Gasteiger partial charge in [-0.1, -0.05) is 27.7 Å². The lowest BCUT2D eigenvalue weighted by atomic mass is 9.90. The maximum absolute atomic E-state index is 12.7. The van der Waals surface area contributed by atoms with Crippen LogP contribution in [0.1, 0.15) is 53.9 Å². The van der Waals surface area contributed by atoms with Crippen LogP contribution in [0.5, 0.6) is 0 Å². The molecule has 0 aromatic carbocycles. The average molecular weight is 252 g/mol. The van der Waals surface area contributed by atoms with Crippen LogP contribution in [-0.2, 0) is 9.59 Å². The molecular weight excluding hydrogens is 228 g/mol. The third-order valence-corrected chi connectivity index (χ3v) is 4.64. The van der Waals surface area contributed by atoms with Crippen molar-refractivity contribution in [2.75, 3.05) is 0 Å². The molecular formula is C14H24N2O2. The molecule has 0 aromatic rings. The summed E-state index contributed by atoms with van der Waals surface area (Å²) >= 11 is 0. The van der Waals surface area contributed by atoms with Crippen LogP contribution in [0.25, 0.3) is 0 Å². The van der Waals surface area contributed by atoms with E-state index >= 15 is 0 Å². The molecule has 1 saturated heterocycles. The first-order valence-electron chi connectivity index (χ1n) is 6.91. The number of piperazine rings is 1. The van der Waals surface area contributed by atoms with Gasteiger partial charge in [0.15, 0.2) is 0 Å². The van der Waals surface area contributed by atoms with Crippen LogP contribution in [0.3, 0.4) is 0 Å². The Labute approximate surface area is 109 Å². The van der Waals surface area contributed by atoms with Crippen molar-refractivity contribution in [2.45, 2.75) is 71.5 Å². The van der Waals surface area contributed by atoms with E-state index in [9.17, 15) is 9.59 Å². The second kappa shape index (κ2) is 3.97. The highest BCUT2D eigenvalue weighted by molar-refractivity contribution is 6.00. The van der Waals surface area contributed by atoms with Gasteiger partial charge in [0.25, 0.3) is 0 Å². The number of carbonyl (C=O) groups excluding carboxylic acids is 2. The standard InChI is InChI=1S/C14H24N2O2/c1-6-9-11(17)15-14(5,7-2)12(18)16(9)10-8-13(10,3)4/h9-10H,6-8H2,1-5H3,(H,15,17). The average Bonchev–Trinajstić information content (AvgIpc) is 2.92. The Balaban J connectivity index is 2.32. The lowest BCUT2D eigenvalue weighted by Crippen LogP contribution is -2.69. The SMILES string of the molecule is CCC1C(=O)NC(C)(CC)C(=O)N1C1CC1(C)C. The van der Waals surface area contributed by atoms with Crippen molar-refractivity contribution in [1.29, 1.82) is 0 Å². The van der Waals surface area contributed by atoms with E-state index in [1.807, 2.05) is 25.7 Å². The highest BCUT2D eigenvalue weighted by Gasteiger charge is 2.58. The van der Waals surface area contributed by atoms with Crippen LogP contribution in [0, 0.1) is 5.41 Å². The minimum absolute atomic E-state index is 0.00384. The molecule has 4 nitrogen and oxygen atoms in total. The van der Waals surface area contributed by atoms with Gasteiger partial charge in [-0.2, -0.15) is 0 Å². The number of carbonyl (C=O) groups is 2. The zero-order chi connectivity index (χ0) is 13.7. The van der Waals surface area contributed by atoms with Gasteiger partial charge in [-0.15, -0.1) is 0 Å². The van der Waals surface area contributed by atoms with Gasteiger partial charge in [0, 0.05) is 6.04 Å². The number of nitrogens with one attached hydrogen (secondary N) is 1. The topological polar surface area (TPSA) is 49.4 Å². The van der Waals surface area contributed by atoms with Gasteiger partial charge in [0.2, 0.25) is 11.8 Å². The van der Waals surface area contributed by atoms with E-state index in [1.165, 1.54) is 0 Å². The summed E-state index contributed by atoms with van der Waals surface area (Å²) in [6, 6.07) is -0.0595. The number of hydrogen-bond donors (Lipinski definition) is 1. The molecule has 0 bridgehead atoms. The van der Waals surface area contributed by atoms with E-state index in [0.29, 0.717) is 12.8 Å². The Morgan fingerprint density at radius 1 is 1.28 bits per heavy atom. The number of rotatable bonds is 3. The first kappa shape index (κ1) is 13.4. The summed E-state index contributed by atoms with van der Waals surface area (Å²) in [6.07, 6.45) is 2.32. The molecule has 0 radical (unpaired) electrons. The molecule has 1 N–H and O–H groups in total. The lowest BCUT2D eigenvalue weighted by Gasteiger charge is -2.44. The third kappa shape index (κ3) is 1.82. The van der Waals surface area contributed by atoms with Crippen LogP contribution in [-0.4, -0.2) is 34.3 Å². The van der Waals surface area contributed by atoms with Gasteiger partial charge >= 0.3 is 0 Å². The predicted octanol–water partition coefficient (Wildman–Crippen LogP) is 1.69. The molecule has 2 amide bonds. The summed E-state index contributed by atoms with van der Waals surface area (Å²) in [4.78, 5) is 26.7. The van der Waals surface area contributed by atoms with E-state index in [-0.39, 0.29) is 29.3 Å². The molecule has 3 atom stereocenters. The third-order valence-electron chi connectivity index (χ3n) is 4.64. The van der Waals surface area contributed by atoms with Crippen LogP contribution in [0.15, 0.2) is 0 Å². The van der Waals surface area contributed by atoms with Gasteiger partial charge < -0.3 is 10.2 Å². The van der Waals surface area contributed by atoms with Crippen molar-refractivity contribution in [1.82, 2.24) is 10.2 Å². The fraction of sp³-hybridized carbons (Fsp3) is 0.857. The number of nitrogens with zero attached hydrogens (tertiary/aromatic N) is 1. The van der Waals surface area contributed by atoms with Crippen molar-refractivity contribution >= 4 is 11.8 Å². The van der Waals surface area contributed by atoms with Crippen molar-refractivity contribution < 1.29 is 9.59 Å². The predicted molar refractivity (Wildman–Crippen MR) is 69.9 cm³/mol. The zero-order valence-corrected chi connectivity index (χ0v) is 12.0. The minimum Gasteiger partial charge on any atom is -0.340 e. The monoisotopic (exact) mass is 252 g/mol. The number of amides is 2. The van der Waals surface area contributed by atoms with Crippen LogP contribution in [0.2, 0.25) is 0 Å². The van der Waals surface area contributed by atoms with E-state index < -0.39 is 5.54 Å². The minimum atomic E-state index is -0.721. The number of hydrogen-bond acceptors (Lipinski definition) is 2. The van der Waals surface area contributed by atoms with Crippen LogP contribution < -0.4 is 5.32 Å². The normalized spacial score (nSPS) is 38.6. The largest absolute Gasteiger partial charge is 0.340 e. The molecule has 102 valence electrons. The Kier molecular flexibility index (Phi) is 2.95. The van der Waals surface area contributed by atoms with E-state index in [1.54, 1.807) is 0 Å². The second-order valence-electron chi connectivity index (χ2n) is 6.52.